The number of halogens is 1. The van der Waals surface area contributed by atoms with Gasteiger partial charge < -0.3 is 14.5 Å². The first-order valence-corrected chi connectivity index (χ1v) is 7.52. The maximum atomic E-state index is 12.8. The van der Waals surface area contributed by atoms with E-state index >= 15 is 0 Å². The predicted octanol–water partition coefficient (Wildman–Crippen LogP) is 2.16. The number of pyridine rings is 1. The van der Waals surface area contributed by atoms with Gasteiger partial charge in [0.25, 0.3) is 5.91 Å². The van der Waals surface area contributed by atoms with Crippen molar-refractivity contribution in [3.05, 3.63) is 22.3 Å². The highest BCUT2D eigenvalue weighted by molar-refractivity contribution is 9.10. The molecule has 1 aliphatic rings. The van der Waals surface area contributed by atoms with Gasteiger partial charge in [-0.15, -0.1) is 0 Å². The fraction of sp³-hybridized carbons (Fsp3) is 0.571. The Labute approximate surface area is 128 Å². The number of rotatable bonds is 2. The Kier molecular flexibility index (Phi) is 4.99. The molecule has 5 nitrogen and oxygen atoms in total. The Balaban J connectivity index is 2.29. The van der Waals surface area contributed by atoms with Gasteiger partial charge in [0.05, 0.1) is 11.7 Å². The molecule has 0 spiro atoms. The van der Waals surface area contributed by atoms with Gasteiger partial charge in [0.2, 0.25) is 0 Å². The van der Waals surface area contributed by atoms with Crippen LogP contribution in [0.1, 0.15) is 23.7 Å². The summed E-state index contributed by atoms with van der Waals surface area (Å²) in [6.07, 6.45) is 2.65. The Hall–Kier alpha value is -1.14. The Morgan fingerprint density at radius 3 is 3.00 bits per heavy atom. The van der Waals surface area contributed by atoms with Crippen molar-refractivity contribution in [2.45, 2.75) is 19.4 Å². The first-order valence-electron chi connectivity index (χ1n) is 6.73. The Morgan fingerprint density at radius 2 is 2.30 bits per heavy atom. The van der Waals surface area contributed by atoms with Crippen LogP contribution in [0.5, 0.6) is 0 Å². The van der Waals surface area contributed by atoms with Gasteiger partial charge in [0.1, 0.15) is 5.82 Å². The van der Waals surface area contributed by atoms with E-state index in [1.165, 1.54) is 0 Å². The van der Waals surface area contributed by atoms with E-state index in [-0.39, 0.29) is 12.0 Å². The molecule has 1 atom stereocenters. The third-order valence-electron chi connectivity index (χ3n) is 3.23. The second-order valence-electron chi connectivity index (χ2n) is 5.21. The van der Waals surface area contributed by atoms with Crippen LogP contribution in [0.2, 0.25) is 0 Å². The van der Waals surface area contributed by atoms with Crippen LogP contribution in [0.4, 0.5) is 5.82 Å². The number of carbonyl (C=O) groups excluding carboxylic acids is 1. The molecule has 1 aromatic heterocycles. The van der Waals surface area contributed by atoms with Gasteiger partial charge >= 0.3 is 0 Å². The lowest BCUT2D eigenvalue weighted by atomic mass is 10.2. The summed E-state index contributed by atoms with van der Waals surface area (Å²) in [6, 6.07) is 1.83. The highest BCUT2D eigenvalue weighted by Gasteiger charge is 2.24. The fourth-order valence-corrected chi connectivity index (χ4v) is 2.63. The van der Waals surface area contributed by atoms with Crippen molar-refractivity contribution in [3.8, 4) is 0 Å². The number of ether oxygens (including phenoxy) is 1. The van der Waals surface area contributed by atoms with Gasteiger partial charge in [0.15, 0.2) is 0 Å². The summed E-state index contributed by atoms with van der Waals surface area (Å²) in [5, 5.41) is 0. The van der Waals surface area contributed by atoms with E-state index in [1.54, 1.807) is 6.20 Å². The minimum absolute atomic E-state index is 0.0138. The lowest BCUT2D eigenvalue weighted by Gasteiger charge is -2.24. The largest absolute Gasteiger partial charge is 0.377 e. The lowest BCUT2D eigenvalue weighted by Crippen LogP contribution is -2.36. The van der Waals surface area contributed by atoms with Crippen molar-refractivity contribution in [2.75, 3.05) is 38.7 Å². The van der Waals surface area contributed by atoms with Crippen LogP contribution < -0.4 is 4.90 Å². The summed E-state index contributed by atoms with van der Waals surface area (Å²) in [7, 11) is 3.78. The van der Waals surface area contributed by atoms with Crippen LogP contribution in [-0.2, 0) is 4.74 Å². The molecular formula is C14H20BrN3O2. The molecule has 0 aromatic carbocycles. The van der Waals surface area contributed by atoms with Crippen LogP contribution in [0, 0.1) is 0 Å². The van der Waals surface area contributed by atoms with Crippen LogP contribution in [0.15, 0.2) is 16.7 Å². The monoisotopic (exact) mass is 341 g/mol. The molecule has 1 amide bonds. The first kappa shape index (κ1) is 15.3. The van der Waals surface area contributed by atoms with E-state index in [4.69, 9.17) is 4.74 Å². The zero-order valence-electron chi connectivity index (χ0n) is 12.1. The number of aromatic nitrogens is 1. The normalized spacial score (nSPS) is 19.6. The minimum Gasteiger partial charge on any atom is -0.377 e. The first-order chi connectivity index (χ1) is 9.49. The molecule has 0 saturated carbocycles. The van der Waals surface area contributed by atoms with Gasteiger partial charge in [-0.3, -0.25) is 4.79 Å². The summed E-state index contributed by atoms with van der Waals surface area (Å²) < 4.78 is 6.40. The SMILES string of the molecule is CC1CN(C(=O)c2cc(Br)cnc2N(C)C)CCCO1. The van der Waals surface area contributed by atoms with E-state index < -0.39 is 0 Å². The van der Waals surface area contributed by atoms with E-state index in [2.05, 4.69) is 20.9 Å². The summed E-state index contributed by atoms with van der Waals surface area (Å²) in [5.74, 6) is 0.705. The number of carbonyl (C=O) groups is 1. The molecule has 0 radical (unpaired) electrons. The second-order valence-corrected chi connectivity index (χ2v) is 6.12. The van der Waals surface area contributed by atoms with Crippen molar-refractivity contribution < 1.29 is 9.53 Å². The van der Waals surface area contributed by atoms with Gasteiger partial charge in [0, 0.05) is 44.5 Å². The summed E-state index contributed by atoms with van der Waals surface area (Å²) in [4.78, 5) is 20.8. The van der Waals surface area contributed by atoms with Crippen LogP contribution in [0.25, 0.3) is 0 Å². The molecule has 2 heterocycles. The van der Waals surface area contributed by atoms with Crippen LogP contribution in [-0.4, -0.2) is 55.7 Å². The van der Waals surface area contributed by atoms with Crippen molar-refractivity contribution in [2.24, 2.45) is 0 Å². The highest BCUT2D eigenvalue weighted by atomic mass is 79.9. The fourth-order valence-electron chi connectivity index (χ4n) is 2.29. The van der Waals surface area contributed by atoms with Gasteiger partial charge in [-0.2, -0.15) is 0 Å². The van der Waals surface area contributed by atoms with Gasteiger partial charge in [-0.1, -0.05) is 0 Å². The molecule has 1 saturated heterocycles. The molecular weight excluding hydrogens is 322 g/mol. The predicted molar refractivity (Wildman–Crippen MR) is 82.2 cm³/mol. The lowest BCUT2D eigenvalue weighted by molar-refractivity contribution is 0.0563. The van der Waals surface area contributed by atoms with Gasteiger partial charge in [-0.25, -0.2) is 4.98 Å². The standard InChI is InChI=1S/C14H20BrN3O2/c1-10-9-18(5-4-6-20-10)14(19)12-7-11(15)8-16-13(12)17(2)3/h7-8,10H,4-6,9H2,1-3H3. The third-order valence-corrected chi connectivity index (χ3v) is 3.66. The molecule has 1 aliphatic heterocycles. The van der Waals surface area contributed by atoms with Crippen LogP contribution in [0.3, 0.4) is 0 Å². The topological polar surface area (TPSA) is 45.7 Å². The average molecular weight is 342 g/mol. The van der Waals surface area contributed by atoms with E-state index in [1.807, 2.05) is 36.9 Å². The Bertz CT molecular complexity index is 493. The number of nitrogens with zero attached hydrogens (tertiary/aromatic N) is 3. The van der Waals surface area contributed by atoms with Crippen molar-refractivity contribution in [3.63, 3.8) is 0 Å². The average Bonchev–Trinajstić information content (AvgIpc) is 2.62. The number of hydrogen-bond acceptors (Lipinski definition) is 4. The van der Waals surface area contributed by atoms with Crippen molar-refractivity contribution in [1.82, 2.24) is 9.88 Å². The second kappa shape index (κ2) is 6.54. The highest BCUT2D eigenvalue weighted by Crippen LogP contribution is 2.22. The molecule has 20 heavy (non-hydrogen) atoms. The maximum Gasteiger partial charge on any atom is 0.257 e. The molecule has 0 bridgehead atoms. The molecule has 6 heteroatoms. The molecule has 1 unspecified atom stereocenters. The number of amides is 1. The number of anilines is 1. The summed E-state index contributed by atoms with van der Waals surface area (Å²) in [5.41, 5.74) is 0.624. The molecule has 110 valence electrons. The molecule has 0 aliphatic carbocycles. The third kappa shape index (κ3) is 3.49. The zero-order chi connectivity index (χ0) is 14.7. The molecule has 2 rings (SSSR count). The minimum atomic E-state index is 0.0138. The van der Waals surface area contributed by atoms with E-state index in [0.717, 1.165) is 17.4 Å². The maximum absolute atomic E-state index is 12.8. The zero-order valence-corrected chi connectivity index (χ0v) is 13.7. The van der Waals surface area contributed by atoms with E-state index in [9.17, 15) is 4.79 Å². The quantitative estimate of drug-likeness (QED) is 0.826. The number of hydrogen-bond donors (Lipinski definition) is 0. The van der Waals surface area contributed by atoms with Crippen molar-refractivity contribution in [1.29, 1.82) is 0 Å². The molecule has 1 fully saturated rings. The Morgan fingerprint density at radius 1 is 1.55 bits per heavy atom. The van der Waals surface area contributed by atoms with Crippen molar-refractivity contribution >= 4 is 27.7 Å². The smallest absolute Gasteiger partial charge is 0.257 e. The summed E-state index contributed by atoms with van der Waals surface area (Å²) in [6.45, 7) is 4.06. The molecule has 0 N–H and O–H groups in total. The summed E-state index contributed by atoms with van der Waals surface area (Å²) >= 11 is 3.39. The van der Waals surface area contributed by atoms with Gasteiger partial charge in [-0.05, 0) is 35.3 Å². The van der Waals surface area contributed by atoms with E-state index in [0.29, 0.717) is 24.5 Å². The molecule has 1 aromatic rings. The van der Waals surface area contributed by atoms with Crippen LogP contribution >= 0.6 is 15.9 Å².